The van der Waals surface area contributed by atoms with Crippen LogP contribution in [0.2, 0.25) is 5.02 Å². The van der Waals surface area contributed by atoms with Crippen LogP contribution in [0.3, 0.4) is 0 Å². The molecule has 2 aliphatic rings. The van der Waals surface area contributed by atoms with Gasteiger partial charge in [-0.25, -0.2) is 8.42 Å². The molecule has 1 atom stereocenters. The molecule has 2 saturated heterocycles. The van der Waals surface area contributed by atoms with Crippen LogP contribution >= 0.6 is 11.6 Å². The third-order valence-electron chi connectivity index (χ3n) is 6.16. The number of anilines is 1. The van der Waals surface area contributed by atoms with Gasteiger partial charge in [0.15, 0.2) is 0 Å². The first-order valence-corrected chi connectivity index (χ1v) is 12.5. The molecule has 0 saturated carbocycles. The zero-order valence-corrected chi connectivity index (χ0v) is 19.3. The summed E-state index contributed by atoms with van der Waals surface area (Å²) in [5.41, 5.74) is 2.08. The summed E-state index contributed by atoms with van der Waals surface area (Å²) in [6, 6.07) is 14.6. The van der Waals surface area contributed by atoms with Crippen LogP contribution in [0.5, 0.6) is 0 Å². The van der Waals surface area contributed by atoms with Crippen LogP contribution in [0.4, 0.5) is 5.69 Å². The van der Waals surface area contributed by atoms with E-state index < -0.39 is 10.0 Å². The third kappa shape index (κ3) is 4.89. The number of amides is 1. The van der Waals surface area contributed by atoms with Crippen LogP contribution in [0.15, 0.2) is 53.4 Å². The maximum absolute atomic E-state index is 13.2. The standard InChI is InChI=1S/C23H28ClN3O3S/c1-18-7-9-22(10-8-18)31(29,30)27-11-3-4-19(17-27)23(28)26-14-12-25(13-15-26)21-6-2-5-20(24)16-21/h2,5-10,16,19H,3-4,11-15,17H2,1H3/t19-/m0/s1. The number of halogens is 1. The van der Waals surface area contributed by atoms with Crippen LogP contribution in [-0.4, -0.2) is 62.8 Å². The number of hydrogen-bond donors (Lipinski definition) is 0. The monoisotopic (exact) mass is 461 g/mol. The Kier molecular flexibility index (Phi) is 6.55. The molecule has 2 aliphatic heterocycles. The van der Waals surface area contributed by atoms with Crippen molar-refractivity contribution in [3.8, 4) is 0 Å². The number of carbonyl (C=O) groups is 1. The fourth-order valence-corrected chi connectivity index (χ4v) is 6.05. The minimum atomic E-state index is -3.58. The van der Waals surface area contributed by atoms with Gasteiger partial charge < -0.3 is 9.80 Å². The van der Waals surface area contributed by atoms with Crippen molar-refractivity contribution in [1.82, 2.24) is 9.21 Å². The molecule has 0 radical (unpaired) electrons. The van der Waals surface area contributed by atoms with Gasteiger partial charge in [0.05, 0.1) is 10.8 Å². The molecule has 0 unspecified atom stereocenters. The molecule has 2 fully saturated rings. The zero-order chi connectivity index (χ0) is 22.0. The van der Waals surface area contributed by atoms with Gasteiger partial charge >= 0.3 is 0 Å². The Balaban J connectivity index is 1.38. The number of piperidine rings is 1. The molecular weight excluding hydrogens is 434 g/mol. The van der Waals surface area contributed by atoms with Gasteiger partial charge in [0.2, 0.25) is 15.9 Å². The molecule has 8 heteroatoms. The number of rotatable bonds is 4. The first-order valence-electron chi connectivity index (χ1n) is 10.7. The van der Waals surface area contributed by atoms with E-state index in [2.05, 4.69) is 4.90 Å². The largest absolute Gasteiger partial charge is 0.368 e. The van der Waals surface area contributed by atoms with Gasteiger partial charge in [-0.1, -0.05) is 35.4 Å². The average Bonchev–Trinajstić information content (AvgIpc) is 2.79. The Morgan fingerprint density at radius 2 is 1.71 bits per heavy atom. The number of hydrogen-bond acceptors (Lipinski definition) is 4. The van der Waals surface area contributed by atoms with Crippen LogP contribution < -0.4 is 4.90 Å². The first kappa shape index (κ1) is 22.1. The van der Waals surface area contributed by atoms with E-state index in [-0.39, 0.29) is 18.4 Å². The average molecular weight is 462 g/mol. The van der Waals surface area contributed by atoms with Crippen molar-refractivity contribution >= 4 is 33.2 Å². The lowest BCUT2D eigenvalue weighted by molar-refractivity contribution is -0.137. The van der Waals surface area contributed by atoms with Crippen molar-refractivity contribution in [1.29, 1.82) is 0 Å². The number of nitrogens with zero attached hydrogens (tertiary/aromatic N) is 3. The van der Waals surface area contributed by atoms with Crippen molar-refractivity contribution in [3.63, 3.8) is 0 Å². The molecule has 2 aromatic carbocycles. The third-order valence-corrected chi connectivity index (χ3v) is 8.27. The highest BCUT2D eigenvalue weighted by atomic mass is 35.5. The van der Waals surface area contributed by atoms with Gasteiger partial charge in [0, 0.05) is 50.0 Å². The minimum Gasteiger partial charge on any atom is -0.368 e. The van der Waals surface area contributed by atoms with Crippen LogP contribution in [0, 0.1) is 12.8 Å². The van der Waals surface area contributed by atoms with Crippen molar-refractivity contribution < 1.29 is 13.2 Å². The summed E-state index contributed by atoms with van der Waals surface area (Å²) in [5.74, 6) is -0.221. The smallest absolute Gasteiger partial charge is 0.243 e. The molecule has 0 aliphatic carbocycles. The van der Waals surface area contributed by atoms with Gasteiger partial charge in [-0.05, 0) is 50.1 Å². The number of carbonyl (C=O) groups excluding carboxylic acids is 1. The summed E-state index contributed by atoms with van der Waals surface area (Å²) in [5, 5.41) is 0.702. The number of sulfonamides is 1. The maximum Gasteiger partial charge on any atom is 0.243 e. The second kappa shape index (κ2) is 9.18. The van der Waals surface area contributed by atoms with Crippen LogP contribution in [0.1, 0.15) is 18.4 Å². The molecule has 0 N–H and O–H groups in total. The van der Waals surface area contributed by atoms with E-state index >= 15 is 0 Å². The van der Waals surface area contributed by atoms with Gasteiger partial charge in [-0.15, -0.1) is 0 Å². The summed E-state index contributed by atoms with van der Waals surface area (Å²) in [7, 11) is -3.58. The summed E-state index contributed by atoms with van der Waals surface area (Å²) >= 11 is 6.10. The van der Waals surface area contributed by atoms with Gasteiger partial charge in [-0.3, -0.25) is 4.79 Å². The molecule has 4 rings (SSSR count). The molecule has 2 aromatic rings. The summed E-state index contributed by atoms with van der Waals surface area (Å²) < 4.78 is 27.6. The molecule has 166 valence electrons. The van der Waals surface area contributed by atoms with Crippen molar-refractivity contribution in [2.24, 2.45) is 5.92 Å². The highest BCUT2D eigenvalue weighted by Gasteiger charge is 2.35. The number of aryl methyl sites for hydroxylation is 1. The Labute approximate surface area is 189 Å². The molecule has 6 nitrogen and oxygen atoms in total. The SMILES string of the molecule is Cc1ccc(S(=O)(=O)N2CCC[C@H](C(=O)N3CCN(c4cccc(Cl)c4)CC3)C2)cc1. The predicted octanol–water partition coefficient (Wildman–Crippen LogP) is 3.40. The highest BCUT2D eigenvalue weighted by Crippen LogP contribution is 2.26. The van der Waals surface area contributed by atoms with E-state index in [1.807, 2.05) is 36.1 Å². The van der Waals surface area contributed by atoms with Crippen LogP contribution in [0.25, 0.3) is 0 Å². The molecular formula is C23H28ClN3O3S. The van der Waals surface area contributed by atoms with E-state index in [4.69, 9.17) is 11.6 Å². The van der Waals surface area contributed by atoms with E-state index in [9.17, 15) is 13.2 Å². The normalized spacial score (nSPS) is 20.6. The first-order chi connectivity index (χ1) is 14.8. The fraction of sp³-hybridized carbons (Fsp3) is 0.435. The van der Waals surface area contributed by atoms with E-state index in [1.165, 1.54) is 4.31 Å². The molecule has 0 spiro atoms. The van der Waals surface area contributed by atoms with Crippen molar-refractivity contribution in [2.75, 3.05) is 44.2 Å². The summed E-state index contributed by atoms with van der Waals surface area (Å²) in [6.45, 7) is 5.39. The second-order valence-electron chi connectivity index (χ2n) is 8.31. The van der Waals surface area contributed by atoms with Gasteiger partial charge in [-0.2, -0.15) is 4.31 Å². The molecule has 1 amide bonds. The van der Waals surface area contributed by atoms with Crippen molar-refractivity contribution in [3.05, 3.63) is 59.1 Å². The van der Waals surface area contributed by atoms with E-state index in [0.717, 1.165) is 30.8 Å². The lowest BCUT2D eigenvalue weighted by Gasteiger charge is -2.39. The summed E-state index contributed by atoms with van der Waals surface area (Å²) in [6.07, 6.45) is 1.43. The minimum absolute atomic E-state index is 0.0644. The Bertz CT molecular complexity index is 1030. The Morgan fingerprint density at radius 1 is 1.00 bits per heavy atom. The molecule has 0 aromatic heterocycles. The Hall–Kier alpha value is -2.09. The molecule has 31 heavy (non-hydrogen) atoms. The predicted molar refractivity (Wildman–Crippen MR) is 123 cm³/mol. The fourth-order valence-electron chi connectivity index (χ4n) is 4.34. The number of piperazine rings is 1. The number of benzene rings is 2. The zero-order valence-electron chi connectivity index (χ0n) is 17.7. The van der Waals surface area contributed by atoms with Crippen molar-refractivity contribution in [2.45, 2.75) is 24.7 Å². The van der Waals surface area contributed by atoms with Gasteiger partial charge in [0.25, 0.3) is 0 Å². The lowest BCUT2D eigenvalue weighted by Crippen LogP contribution is -2.53. The van der Waals surface area contributed by atoms with E-state index in [1.54, 1.807) is 24.3 Å². The molecule has 2 heterocycles. The maximum atomic E-state index is 13.2. The lowest BCUT2D eigenvalue weighted by atomic mass is 9.97. The highest BCUT2D eigenvalue weighted by molar-refractivity contribution is 7.89. The van der Waals surface area contributed by atoms with E-state index in [0.29, 0.717) is 36.0 Å². The Morgan fingerprint density at radius 3 is 2.39 bits per heavy atom. The summed E-state index contributed by atoms with van der Waals surface area (Å²) in [4.78, 5) is 17.6. The van der Waals surface area contributed by atoms with Gasteiger partial charge in [0.1, 0.15) is 0 Å². The van der Waals surface area contributed by atoms with Crippen LogP contribution in [-0.2, 0) is 14.8 Å². The molecule has 0 bridgehead atoms. The topological polar surface area (TPSA) is 60.9 Å². The quantitative estimate of drug-likeness (QED) is 0.700. The second-order valence-corrected chi connectivity index (χ2v) is 10.7.